The van der Waals surface area contributed by atoms with E-state index in [0.717, 1.165) is 5.82 Å². The van der Waals surface area contributed by atoms with Crippen LogP contribution < -0.4 is 4.90 Å². The maximum absolute atomic E-state index is 13.0. The second kappa shape index (κ2) is 7.66. The number of non-ortho nitro benzene ring substituents is 1. The highest BCUT2D eigenvalue weighted by atomic mass is 16.6. The van der Waals surface area contributed by atoms with Crippen LogP contribution in [0.25, 0.3) is 5.69 Å². The predicted octanol–water partition coefficient (Wildman–Crippen LogP) is 1.84. The van der Waals surface area contributed by atoms with Crippen LogP contribution >= 0.6 is 0 Å². The maximum atomic E-state index is 13.0. The number of carbonyl (C=O) groups excluding carboxylic acids is 1. The molecule has 3 aromatic rings. The molecule has 3 heterocycles. The number of nitro benzene ring substituents is 1. The minimum absolute atomic E-state index is 0.0454. The number of hydrogen-bond donors (Lipinski definition) is 0. The van der Waals surface area contributed by atoms with Gasteiger partial charge in [0.1, 0.15) is 5.82 Å². The summed E-state index contributed by atoms with van der Waals surface area (Å²) < 4.78 is 1.45. The lowest BCUT2D eigenvalue weighted by Crippen LogP contribution is -2.49. The summed E-state index contributed by atoms with van der Waals surface area (Å²) in [5.41, 5.74) is 1.24. The maximum Gasteiger partial charge on any atom is 0.276 e. The molecule has 1 aliphatic heterocycles. The van der Waals surface area contributed by atoms with Crippen molar-refractivity contribution < 1.29 is 9.72 Å². The van der Waals surface area contributed by atoms with Gasteiger partial charge in [-0.1, -0.05) is 17.3 Å². The molecule has 0 saturated carbocycles. The Morgan fingerprint density at radius 1 is 1.10 bits per heavy atom. The topological polar surface area (TPSA) is 110 Å². The van der Waals surface area contributed by atoms with Crippen molar-refractivity contribution >= 4 is 17.4 Å². The summed E-state index contributed by atoms with van der Waals surface area (Å²) in [6, 6.07) is 11.8. The Morgan fingerprint density at radius 2 is 1.90 bits per heavy atom. The van der Waals surface area contributed by atoms with Crippen molar-refractivity contribution in [2.75, 3.05) is 31.1 Å². The standard InChI is InChI=1S/C19H19N7O3/c1-14-18(21-22-25(14)15-5-4-6-16(13-15)26(28)29)19(27)24-11-9-23(10-12-24)17-7-2-3-8-20-17/h2-8,13H,9-12H2,1H3. The van der Waals surface area contributed by atoms with E-state index in [1.165, 1.54) is 16.8 Å². The Balaban J connectivity index is 1.49. The molecule has 1 fully saturated rings. The number of nitrogens with zero attached hydrogens (tertiary/aromatic N) is 7. The van der Waals surface area contributed by atoms with Gasteiger partial charge in [-0.05, 0) is 25.1 Å². The zero-order chi connectivity index (χ0) is 20.4. The lowest BCUT2D eigenvalue weighted by molar-refractivity contribution is -0.384. The molecule has 0 atom stereocenters. The molecule has 1 saturated heterocycles. The first-order valence-corrected chi connectivity index (χ1v) is 9.17. The van der Waals surface area contributed by atoms with E-state index < -0.39 is 4.92 Å². The second-order valence-corrected chi connectivity index (χ2v) is 6.68. The molecule has 1 aliphatic rings. The van der Waals surface area contributed by atoms with E-state index in [-0.39, 0.29) is 17.3 Å². The highest BCUT2D eigenvalue weighted by molar-refractivity contribution is 5.93. The van der Waals surface area contributed by atoms with Crippen LogP contribution in [0.1, 0.15) is 16.2 Å². The van der Waals surface area contributed by atoms with Crippen LogP contribution in [0.4, 0.5) is 11.5 Å². The molecule has 4 rings (SSSR count). The minimum Gasteiger partial charge on any atom is -0.353 e. The van der Waals surface area contributed by atoms with Crippen molar-refractivity contribution in [3.63, 3.8) is 0 Å². The van der Waals surface area contributed by atoms with Crippen LogP contribution in [0.15, 0.2) is 48.7 Å². The summed E-state index contributed by atoms with van der Waals surface area (Å²) in [5, 5.41) is 19.1. The molecule has 10 nitrogen and oxygen atoms in total. The SMILES string of the molecule is Cc1c(C(=O)N2CCN(c3ccccn3)CC2)nnn1-c1cccc([N+](=O)[O-])c1. The number of amides is 1. The normalized spacial score (nSPS) is 14.1. The number of carbonyl (C=O) groups is 1. The summed E-state index contributed by atoms with van der Waals surface area (Å²) >= 11 is 0. The molecule has 29 heavy (non-hydrogen) atoms. The fourth-order valence-corrected chi connectivity index (χ4v) is 3.34. The smallest absolute Gasteiger partial charge is 0.276 e. The number of piperazine rings is 1. The molecular weight excluding hydrogens is 374 g/mol. The van der Waals surface area contributed by atoms with E-state index in [4.69, 9.17) is 0 Å². The molecule has 0 unspecified atom stereocenters. The Labute approximate surface area is 166 Å². The van der Waals surface area contributed by atoms with Gasteiger partial charge in [0, 0.05) is 44.5 Å². The largest absolute Gasteiger partial charge is 0.353 e. The molecule has 148 valence electrons. The Bertz CT molecular complexity index is 1040. The summed E-state index contributed by atoms with van der Waals surface area (Å²) in [5.74, 6) is 0.701. The molecule has 0 N–H and O–H groups in total. The summed E-state index contributed by atoms with van der Waals surface area (Å²) in [7, 11) is 0. The highest BCUT2D eigenvalue weighted by Crippen LogP contribution is 2.20. The third kappa shape index (κ3) is 3.64. The van der Waals surface area contributed by atoms with Crippen molar-refractivity contribution in [3.05, 3.63) is 70.2 Å². The van der Waals surface area contributed by atoms with Crippen molar-refractivity contribution in [3.8, 4) is 5.69 Å². The van der Waals surface area contributed by atoms with Crippen molar-refractivity contribution in [2.24, 2.45) is 0 Å². The number of benzene rings is 1. The molecule has 0 bridgehead atoms. The average molecular weight is 393 g/mol. The molecule has 10 heteroatoms. The molecule has 1 amide bonds. The van der Waals surface area contributed by atoms with Gasteiger partial charge in [0.2, 0.25) is 0 Å². The molecule has 0 spiro atoms. The van der Waals surface area contributed by atoms with Crippen molar-refractivity contribution in [2.45, 2.75) is 6.92 Å². The fourth-order valence-electron chi connectivity index (χ4n) is 3.34. The van der Waals surface area contributed by atoms with Gasteiger partial charge < -0.3 is 9.80 Å². The monoisotopic (exact) mass is 393 g/mol. The van der Waals surface area contributed by atoms with Crippen LogP contribution in [0.5, 0.6) is 0 Å². The number of rotatable bonds is 4. The third-order valence-electron chi connectivity index (χ3n) is 4.92. The van der Waals surface area contributed by atoms with E-state index in [9.17, 15) is 14.9 Å². The van der Waals surface area contributed by atoms with Crippen LogP contribution in [-0.2, 0) is 0 Å². The van der Waals surface area contributed by atoms with Gasteiger partial charge in [0.25, 0.3) is 11.6 Å². The lowest BCUT2D eigenvalue weighted by atomic mass is 10.2. The average Bonchev–Trinajstić information content (AvgIpc) is 3.15. The molecule has 0 aliphatic carbocycles. The van der Waals surface area contributed by atoms with E-state index in [0.29, 0.717) is 37.6 Å². The third-order valence-corrected chi connectivity index (χ3v) is 4.92. The zero-order valence-electron chi connectivity index (χ0n) is 15.8. The highest BCUT2D eigenvalue weighted by Gasteiger charge is 2.27. The first-order chi connectivity index (χ1) is 14.0. The number of hydrogen-bond acceptors (Lipinski definition) is 7. The van der Waals surface area contributed by atoms with Gasteiger partial charge in [-0.15, -0.1) is 5.10 Å². The summed E-state index contributed by atoms with van der Waals surface area (Å²) in [6.45, 7) is 4.20. The predicted molar refractivity (Wildman–Crippen MR) is 105 cm³/mol. The Hall–Kier alpha value is -3.82. The van der Waals surface area contributed by atoms with Crippen molar-refractivity contribution in [1.82, 2.24) is 24.9 Å². The van der Waals surface area contributed by atoms with Gasteiger partial charge in [-0.3, -0.25) is 14.9 Å². The van der Waals surface area contributed by atoms with E-state index in [2.05, 4.69) is 20.2 Å². The van der Waals surface area contributed by atoms with E-state index >= 15 is 0 Å². The Morgan fingerprint density at radius 3 is 2.59 bits per heavy atom. The van der Waals surface area contributed by atoms with Gasteiger partial charge in [0.15, 0.2) is 5.69 Å². The Kier molecular flexibility index (Phi) is 4.90. The number of anilines is 1. The number of pyridine rings is 1. The van der Waals surface area contributed by atoms with Crippen LogP contribution in [0.3, 0.4) is 0 Å². The quantitative estimate of drug-likeness (QED) is 0.491. The second-order valence-electron chi connectivity index (χ2n) is 6.68. The molecule has 0 radical (unpaired) electrons. The van der Waals surface area contributed by atoms with Crippen LogP contribution in [0, 0.1) is 17.0 Å². The number of nitro groups is 1. The zero-order valence-corrected chi connectivity index (χ0v) is 15.8. The number of aromatic nitrogens is 4. The summed E-state index contributed by atoms with van der Waals surface area (Å²) in [6.07, 6.45) is 1.75. The molecule has 1 aromatic carbocycles. The first-order valence-electron chi connectivity index (χ1n) is 9.17. The fraction of sp³-hybridized carbons (Fsp3) is 0.263. The van der Waals surface area contributed by atoms with Crippen LogP contribution in [0.2, 0.25) is 0 Å². The van der Waals surface area contributed by atoms with E-state index in [1.54, 1.807) is 30.2 Å². The first kappa shape index (κ1) is 18.5. The molecule has 2 aromatic heterocycles. The van der Waals surface area contributed by atoms with Crippen molar-refractivity contribution in [1.29, 1.82) is 0 Å². The lowest BCUT2D eigenvalue weighted by Gasteiger charge is -2.35. The van der Waals surface area contributed by atoms with Gasteiger partial charge in [-0.2, -0.15) is 0 Å². The minimum atomic E-state index is -0.469. The van der Waals surface area contributed by atoms with Gasteiger partial charge >= 0.3 is 0 Å². The molecular formula is C19H19N7O3. The summed E-state index contributed by atoms with van der Waals surface area (Å²) in [4.78, 5) is 31.7. The van der Waals surface area contributed by atoms with Gasteiger partial charge in [-0.25, -0.2) is 9.67 Å². The van der Waals surface area contributed by atoms with E-state index in [1.807, 2.05) is 18.2 Å². The van der Waals surface area contributed by atoms with Crippen LogP contribution in [-0.4, -0.2) is 61.9 Å². The van der Waals surface area contributed by atoms with Gasteiger partial charge in [0.05, 0.1) is 16.3 Å².